The van der Waals surface area contributed by atoms with Gasteiger partial charge in [-0.05, 0) is 70.5 Å². The van der Waals surface area contributed by atoms with Crippen LogP contribution in [0.15, 0.2) is 0 Å². The van der Waals surface area contributed by atoms with Crippen LogP contribution in [-0.4, -0.2) is 50.3 Å². The summed E-state index contributed by atoms with van der Waals surface area (Å²) in [7, 11) is 1.86. The van der Waals surface area contributed by atoms with Gasteiger partial charge in [-0.25, -0.2) is 0 Å². The molecule has 0 aromatic carbocycles. The smallest absolute Gasteiger partial charge is 0.0572 e. The van der Waals surface area contributed by atoms with Gasteiger partial charge < -0.3 is 15.0 Å². The summed E-state index contributed by atoms with van der Waals surface area (Å²) in [5, 5.41) is 3.55. The topological polar surface area (TPSA) is 24.5 Å². The SMILES string of the molecule is CCCN(CC1CCCNC1)C1CCC(OC)CC1. The van der Waals surface area contributed by atoms with Crippen molar-refractivity contribution in [2.75, 3.05) is 33.3 Å². The molecule has 0 aromatic heterocycles. The highest BCUT2D eigenvalue weighted by Crippen LogP contribution is 2.26. The van der Waals surface area contributed by atoms with Crippen LogP contribution in [0.5, 0.6) is 0 Å². The summed E-state index contributed by atoms with van der Waals surface area (Å²) in [6.45, 7) is 7.35. The zero-order chi connectivity index (χ0) is 13.5. The van der Waals surface area contributed by atoms with Crippen LogP contribution in [-0.2, 0) is 4.74 Å². The number of nitrogens with one attached hydrogen (secondary N) is 1. The molecule has 0 aromatic rings. The molecule has 0 spiro atoms. The lowest BCUT2D eigenvalue weighted by atomic mass is 9.90. The second-order valence-electron chi connectivity index (χ2n) is 6.37. The summed E-state index contributed by atoms with van der Waals surface area (Å²) in [5.74, 6) is 0.875. The van der Waals surface area contributed by atoms with E-state index in [1.807, 2.05) is 7.11 Å². The van der Waals surface area contributed by atoms with Crippen molar-refractivity contribution in [3.63, 3.8) is 0 Å². The molecule has 1 saturated carbocycles. The van der Waals surface area contributed by atoms with E-state index in [9.17, 15) is 0 Å². The lowest BCUT2D eigenvalue weighted by Crippen LogP contribution is -2.45. The summed E-state index contributed by atoms with van der Waals surface area (Å²) in [6, 6.07) is 0.813. The molecule has 1 unspecified atom stereocenters. The molecule has 2 rings (SSSR count). The van der Waals surface area contributed by atoms with Crippen LogP contribution in [0.2, 0.25) is 0 Å². The van der Waals surface area contributed by atoms with Gasteiger partial charge in [0, 0.05) is 19.7 Å². The molecule has 0 radical (unpaired) electrons. The molecule has 19 heavy (non-hydrogen) atoms. The van der Waals surface area contributed by atoms with Crippen LogP contribution in [0.3, 0.4) is 0 Å². The predicted molar refractivity (Wildman–Crippen MR) is 80.5 cm³/mol. The maximum atomic E-state index is 5.50. The minimum Gasteiger partial charge on any atom is -0.381 e. The first-order chi connectivity index (χ1) is 9.33. The van der Waals surface area contributed by atoms with Crippen molar-refractivity contribution in [3.8, 4) is 0 Å². The molecule has 1 atom stereocenters. The highest BCUT2D eigenvalue weighted by Gasteiger charge is 2.27. The molecule has 3 nitrogen and oxygen atoms in total. The second-order valence-corrected chi connectivity index (χ2v) is 6.37. The van der Waals surface area contributed by atoms with E-state index < -0.39 is 0 Å². The van der Waals surface area contributed by atoms with Crippen molar-refractivity contribution >= 4 is 0 Å². The number of ether oxygens (including phenoxy) is 1. The van der Waals surface area contributed by atoms with E-state index in [1.165, 1.54) is 71.1 Å². The number of rotatable bonds is 6. The van der Waals surface area contributed by atoms with E-state index in [2.05, 4.69) is 17.1 Å². The van der Waals surface area contributed by atoms with Gasteiger partial charge in [-0.15, -0.1) is 0 Å². The van der Waals surface area contributed by atoms with E-state index >= 15 is 0 Å². The van der Waals surface area contributed by atoms with Gasteiger partial charge in [0.15, 0.2) is 0 Å². The monoisotopic (exact) mass is 268 g/mol. The zero-order valence-corrected chi connectivity index (χ0v) is 12.9. The zero-order valence-electron chi connectivity index (χ0n) is 12.9. The third-order valence-electron chi connectivity index (χ3n) is 4.90. The van der Waals surface area contributed by atoms with Crippen LogP contribution >= 0.6 is 0 Å². The molecular formula is C16H32N2O. The first-order valence-electron chi connectivity index (χ1n) is 8.31. The Morgan fingerprint density at radius 1 is 1.16 bits per heavy atom. The predicted octanol–water partition coefficient (Wildman–Crippen LogP) is 2.66. The molecule has 3 heteroatoms. The Kier molecular flexibility index (Phi) is 6.62. The van der Waals surface area contributed by atoms with Gasteiger partial charge in [0.1, 0.15) is 0 Å². The minimum absolute atomic E-state index is 0.524. The van der Waals surface area contributed by atoms with Gasteiger partial charge in [-0.3, -0.25) is 0 Å². The molecular weight excluding hydrogens is 236 g/mol. The van der Waals surface area contributed by atoms with E-state index in [0.717, 1.165) is 12.0 Å². The summed E-state index contributed by atoms with van der Waals surface area (Å²) in [5.41, 5.74) is 0. The van der Waals surface area contributed by atoms with Crippen LogP contribution in [0, 0.1) is 5.92 Å². The van der Waals surface area contributed by atoms with Crippen LogP contribution < -0.4 is 5.32 Å². The maximum absolute atomic E-state index is 5.50. The van der Waals surface area contributed by atoms with E-state index in [0.29, 0.717) is 6.10 Å². The van der Waals surface area contributed by atoms with Crippen molar-refractivity contribution < 1.29 is 4.74 Å². The van der Waals surface area contributed by atoms with Gasteiger partial charge >= 0.3 is 0 Å². The van der Waals surface area contributed by atoms with Gasteiger partial charge in [0.05, 0.1) is 6.10 Å². The molecule has 2 fully saturated rings. The number of methoxy groups -OCH3 is 1. The Morgan fingerprint density at radius 3 is 2.53 bits per heavy atom. The fourth-order valence-corrected chi connectivity index (χ4v) is 3.77. The maximum Gasteiger partial charge on any atom is 0.0572 e. The number of piperidine rings is 1. The molecule has 112 valence electrons. The molecule has 1 heterocycles. The Bertz CT molecular complexity index is 233. The van der Waals surface area contributed by atoms with Crippen molar-refractivity contribution in [1.29, 1.82) is 0 Å². The van der Waals surface area contributed by atoms with Crippen LogP contribution in [0.25, 0.3) is 0 Å². The molecule has 1 aliphatic carbocycles. The summed E-state index contributed by atoms with van der Waals surface area (Å²) >= 11 is 0. The van der Waals surface area contributed by atoms with Crippen LogP contribution in [0.1, 0.15) is 51.9 Å². The molecule has 0 amide bonds. The summed E-state index contributed by atoms with van der Waals surface area (Å²) < 4.78 is 5.50. The lowest BCUT2D eigenvalue weighted by Gasteiger charge is -2.39. The largest absolute Gasteiger partial charge is 0.381 e. The average Bonchev–Trinajstić information content (AvgIpc) is 2.48. The van der Waals surface area contributed by atoms with Gasteiger partial charge in [0.2, 0.25) is 0 Å². The van der Waals surface area contributed by atoms with Crippen molar-refractivity contribution in [2.24, 2.45) is 5.92 Å². The van der Waals surface area contributed by atoms with Crippen molar-refractivity contribution in [1.82, 2.24) is 10.2 Å². The Labute approximate surface area is 119 Å². The number of hydrogen-bond acceptors (Lipinski definition) is 3. The van der Waals surface area contributed by atoms with Crippen LogP contribution in [0.4, 0.5) is 0 Å². The summed E-state index contributed by atoms with van der Waals surface area (Å²) in [4.78, 5) is 2.78. The fraction of sp³-hybridized carbons (Fsp3) is 1.00. The second kappa shape index (κ2) is 8.23. The van der Waals surface area contributed by atoms with Crippen molar-refractivity contribution in [2.45, 2.75) is 64.0 Å². The van der Waals surface area contributed by atoms with E-state index in [-0.39, 0.29) is 0 Å². The highest BCUT2D eigenvalue weighted by molar-refractivity contribution is 4.82. The van der Waals surface area contributed by atoms with E-state index in [4.69, 9.17) is 4.74 Å². The first-order valence-corrected chi connectivity index (χ1v) is 8.31. The van der Waals surface area contributed by atoms with E-state index in [1.54, 1.807) is 0 Å². The quantitative estimate of drug-likeness (QED) is 0.801. The molecule has 0 bridgehead atoms. The summed E-state index contributed by atoms with van der Waals surface area (Å²) in [6.07, 6.45) is 9.76. The number of hydrogen-bond donors (Lipinski definition) is 1. The Balaban J connectivity index is 1.81. The Morgan fingerprint density at radius 2 is 1.95 bits per heavy atom. The lowest BCUT2D eigenvalue weighted by molar-refractivity contribution is 0.0333. The third-order valence-corrected chi connectivity index (χ3v) is 4.90. The first kappa shape index (κ1) is 15.3. The minimum atomic E-state index is 0.524. The molecule has 1 saturated heterocycles. The standard InChI is InChI=1S/C16H32N2O/c1-3-11-18(13-14-5-4-10-17-12-14)15-6-8-16(19-2)9-7-15/h14-17H,3-13H2,1-2H3. The number of nitrogens with zero attached hydrogens (tertiary/aromatic N) is 1. The van der Waals surface area contributed by atoms with Gasteiger partial charge in [-0.1, -0.05) is 6.92 Å². The molecule has 2 aliphatic rings. The Hall–Kier alpha value is -0.120. The highest BCUT2D eigenvalue weighted by atomic mass is 16.5. The third kappa shape index (κ3) is 4.73. The molecule has 1 N–H and O–H groups in total. The van der Waals surface area contributed by atoms with Gasteiger partial charge in [0.25, 0.3) is 0 Å². The average molecular weight is 268 g/mol. The van der Waals surface area contributed by atoms with Crippen molar-refractivity contribution in [3.05, 3.63) is 0 Å². The molecule has 1 aliphatic heterocycles. The fourth-order valence-electron chi connectivity index (χ4n) is 3.77. The normalized spacial score (nSPS) is 32.7. The van der Waals surface area contributed by atoms with Gasteiger partial charge in [-0.2, -0.15) is 0 Å².